The van der Waals surface area contributed by atoms with Gasteiger partial charge in [0.05, 0.1) is 11.1 Å². The normalized spacial score (nSPS) is 15.8. The predicted octanol–water partition coefficient (Wildman–Crippen LogP) is 4.66. The highest BCUT2D eigenvalue weighted by atomic mass is 32.2. The zero-order valence-corrected chi connectivity index (χ0v) is 19.3. The molecule has 0 spiro atoms. The SMILES string of the molecule is CC(C)(COC(=O)c1cccc(C2=CC(C)(C)Oc3ccccc32)c1)NS(=O)(=O)C(F)(F)F. The van der Waals surface area contributed by atoms with Crippen molar-refractivity contribution in [2.75, 3.05) is 6.61 Å². The summed E-state index contributed by atoms with van der Waals surface area (Å²) in [5.74, 6) is -0.0944. The zero-order valence-electron chi connectivity index (χ0n) is 18.5. The number of hydrogen-bond acceptors (Lipinski definition) is 5. The Morgan fingerprint density at radius 3 is 2.42 bits per heavy atom. The van der Waals surface area contributed by atoms with Crippen molar-refractivity contribution in [3.05, 3.63) is 71.3 Å². The molecule has 2 aromatic carbocycles. The summed E-state index contributed by atoms with van der Waals surface area (Å²) in [6.07, 6.45) is 1.94. The predicted molar refractivity (Wildman–Crippen MR) is 117 cm³/mol. The Bertz CT molecular complexity index is 1200. The van der Waals surface area contributed by atoms with Crippen molar-refractivity contribution in [3.8, 4) is 5.75 Å². The highest BCUT2D eigenvalue weighted by Gasteiger charge is 2.48. The van der Waals surface area contributed by atoms with E-state index in [1.165, 1.54) is 24.6 Å². The van der Waals surface area contributed by atoms with Crippen molar-refractivity contribution in [1.29, 1.82) is 0 Å². The lowest BCUT2D eigenvalue weighted by molar-refractivity contribution is -0.0459. The van der Waals surface area contributed by atoms with Gasteiger partial charge in [-0.15, -0.1) is 0 Å². The first-order valence-electron chi connectivity index (χ1n) is 9.99. The van der Waals surface area contributed by atoms with Crippen LogP contribution in [0.3, 0.4) is 0 Å². The van der Waals surface area contributed by atoms with Crippen LogP contribution in [0.25, 0.3) is 5.57 Å². The van der Waals surface area contributed by atoms with E-state index < -0.39 is 39.2 Å². The van der Waals surface area contributed by atoms with Gasteiger partial charge < -0.3 is 9.47 Å². The highest BCUT2D eigenvalue weighted by molar-refractivity contribution is 7.90. The molecule has 1 N–H and O–H groups in total. The second-order valence-corrected chi connectivity index (χ2v) is 10.5. The number of benzene rings is 2. The first-order chi connectivity index (χ1) is 15.1. The molecule has 0 unspecified atom stereocenters. The Labute approximate surface area is 190 Å². The number of rotatable bonds is 6. The summed E-state index contributed by atoms with van der Waals surface area (Å²) in [7, 11) is -5.59. The van der Waals surface area contributed by atoms with Crippen LogP contribution in [0, 0.1) is 0 Å². The number of esters is 1. The number of nitrogens with one attached hydrogen (secondary N) is 1. The molecular weight excluding hydrogens is 459 g/mol. The molecular formula is C23H24F3NO5S. The lowest BCUT2D eigenvalue weighted by Gasteiger charge is -2.31. The fourth-order valence-electron chi connectivity index (χ4n) is 3.35. The van der Waals surface area contributed by atoms with Crippen LogP contribution in [0.4, 0.5) is 13.2 Å². The van der Waals surface area contributed by atoms with Crippen LogP contribution in [-0.4, -0.2) is 37.6 Å². The minimum Gasteiger partial charge on any atom is -0.483 e. The Kier molecular flexibility index (Phi) is 6.38. The van der Waals surface area contributed by atoms with Gasteiger partial charge in [-0.2, -0.15) is 17.9 Å². The van der Waals surface area contributed by atoms with Gasteiger partial charge in [-0.25, -0.2) is 13.2 Å². The maximum absolute atomic E-state index is 12.6. The van der Waals surface area contributed by atoms with Crippen LogP contribution in [0.1, 0.15) is 49.2 Å². The summed E-state index contributed by atoms with van der Waals surface area (Å²) < 4.78 is 73.3. The fourth-order valence-corrected chi connectivity index (χ4v) is 4.25. The second-order valence-electron chi connectivity index (χ2n) is 8.85. The Hall–Kier alpha value is -2.85. The summed E-state index contributed by atoms with van der Waals surface area (Å²) in [6, 6.07) is 14.1. The van der Waals surface area contributed by atoms with Gasteiger partial charge in [-0.1, -0.05) is 30.3 Å². The molecule has 2 aromatic rings. The molecule has 0 saturated carbocycles. The van der Waals surface area contributed by atoms with E-state index in [0.717, 1.165) is 16.7 Å². The van der Waals surface area contributed by atoms with Crippen LogP contribution in [0.15, 0.2) is 54.6 Å². The standard InChI is InChI=1S/C23H24F3NO5S/c1-21(2,27-33(29,30)23(24,25)26)14-31-20(28)16-9-7-8-15(12-16)18-13-22(3,4)32-19-11-6-5-10-17(18)19/h5-13,27H,14H2,1-4H3. The third-order valence-corrected chi connectivity index (χ3v) is 6.16. The van der Waals surface area contributed by atoms with E-state index in [2.05, 4.69) is 0 Å². The smallest absolute Gasteiger partial charge is 0.483 e. The maximum Gasteiger partial charge on any atom is 0.511 e. The molecule has 178 valence electrons. The first-order valence-corrected chi connectivity index (χ1v) is 11.5. The monoisotopic (exact) mass is 483 g/mol. The summed E-state index contributed by atoms with van der Waals surface area (Å²) in [4.78, 5) is 12.6. The van der Waals surface area contributed by atoms with Crippen LogP contribution in [-0.2, 0) is 14.8 Å². The minimum absolute atomic E-state index is 0.171. The number of fused-ring (bicyclic) bond motifs is 1. The minimum atomic E-state index is -5.59. The number of carbonyl (C=O) groups is 1. The molecule has 0 atom stereocenters. The van der Waals surface area contributed by atoms with Gasteiger partial charge >= 0.3 is 21.5 Å². The number of hydrogen-bond donors (Lipinski definition) is 1. The third-order valence-electron chi connectivity index (χ3n) is 4.73. The Morgan fingerprint density at radius 2 is 1.76 bits per heavy atom. The Morgan fingerprint density at radius 1 is 1.09 bits per heavy atom. The van der Waals surface area contributed by atoms with Gasteiger partial charge in [0, 0.05) is 5.56 Å². The molecule has 0 radical (unpaired) electrons. The van der Waals surface area contributed by atoms with Crippen molar-refractivity contribution in [3.63, 3.8) is 0 Å². The van der Waals surface area contributed by atoms with E-state index in [0.29, 0.717) is 5.75 Å². The van der Waals surface area contributed by atoms with E-state index in [9.17, 15) is 26.4 Å². The van der Waals surface area contributed by atoms with Gasteiger partial charge in [0.1, 0.15) is 18.0 Å². The molecule has 0 aromatic heterocycles. The summed E-state index contributed by atoms with van der Waals surface area (Å²) in [5.41, 5.74) is -5.12. The fraction of sp³-hybridized carbons (Fsp3) is 0.348. The number of carbonyl (C=O) groups excluding carboxylic acids is 1. The van der Waals surface area contributed by atoms with E-state index in [1.807, 2.05) is 50.3 Å². The van der Waals surface area contributed by atoms with Crippen molar-refractivity contribution in [2.24, 2.45) is 0 Å². The molecule has 0 saturated heterocycles. The molecule has 1 aliphatic heterocycles. The molecule has 10 heteroatoms. The molecule has 0 amide bonds. The van der Waals surface area contributed by atoms with E-state index in [1.54, 1.807) is 12.1 Å². The van der Waals surface area contributed by atoms with Gasteiger partial charge in [0.15, 0.2) is 0 Å². The van der Waals surface area contributed by atoms with Crippen LogP contribution in [0.2, 0.25) is 0 Å². The highest BCUT2D eigenvalue weighted by Crippen LogP contribution is 2.39. The molecule has 0 aliphatic carbocycles. The van der Waals surface area contributed by atoms with Gasteiger partial charge in [0.25, 0.3) is 0 Å². The number of para-hydroxylation sites is 1. The van der Waals surface area contributed by atoms with E-state index >= 15 is 0 Å². The van der Waals surface area contributed by atoms with E-state index in [-0.39, 0.29) is 5.56 Å². The van der Waals surface area contributed by atoms with Crippen LogP contribution in [0.5, 0.6) is 5.75 Å². The lowest BCUT2D eigenvalue weighted by Crippen LogP contribution is -2.51. The van der Waals surface area contributed by atoms with Crippen LogP contribution >= 0.6 is 0 Å². The van der Waals surface area contributed by atoms with Crippen LogP contribution < -0.4 is 9.46 Å². The van der Waals surface area contributed by atoms with Gasteiger partial charge in [0.2, 0.25) is 0 Å². The zero-order chi connectivity index (χ0) is 24.7. The number of ether oxygens (including phenoxy) is 2. The number of alkyl halides is 3. The summed E-state index contributed by atoms with van der Waals surface area (Å²) >= 11 is 0. The molecule has 0 fully saturated rings. The lowest BCUT2D eigenvalue weighted by atomic mass is 9.89. The number of halogens is 3. The quantitative estimate of drug-likeness (QED) is 0.605. The third kappa shape index (κ3) is 5.75. The summed E-state index contributed by atoms with van der Waals surface area (Å²) in [6.45, 7) is 5.59. The second kappa shape index (κ2) is 8.49. The molecule has 1 aliphatic rings. The topological polar surface area (TPSA) is 81.7 Å². The molecule has 3 rings (SSSR count). The average molecular weight is 484 g/mol. The molecule has 33 heavy (non-hydrogen) atoms. The van der Waals surface area contributed by atoms with Crippen molar-refractivity contribution < 1.29 is 35.9 Å². The largest absolute Gasteiger partial charge is 0.511 e. The molecule has 0 bridgehead atoms. The van der Waals surface area contributed by atoms with Crippen molar-refractivity contribution in [2.45, 2.75) is 44.3 Å². The van der Waals surface area contributed by atoms with Crippen molar-refractivity contribution >= 4 is 21.6 Å². The summed E-state index contributed by atoms with van der Waals surface area (Å²) in [5, 5.41) is 0. The average Bonchev–Trinajstić information content (AvgIpc) is 2.69. The van der Waals surface area contributed by atoms with Crippen molar-refractivity contribution in [1.82, 2.24) is 4.72 Å². The van der Waals surface area contributed by atoms with Gasteiger partial charge in [-0.3, -0.25) is 0 Å². The first kappa shape index (κ1) is 24.8. The van der Waals surface area contributed by atoms with E-state index in [4.69, 9.17) is 9.47 Å². The Balaban J connectivity index is 1.80. The maximum atomic E-state index is 12.6. The van der Waals surface area contributed by atoms with Gasteiger partial charge in [-0.05, 0) is 63.1 Å². The molecule has 6 nitrogen and oxygen atoms in total. The number of sulfonamides is 1. The molecule has 1 heterocycles.